The van der Waals surface area contributed by atoms with E-state index in [0.717, 1.165) is 10.9 Å². The number of fused-ring (bicyclic) bond motifs is 2. The van der Waals surface area contributed by atoms with E-state index < -0.39 is 0 Å². The summed E-state index contributed by atoms with van der Waals surface area (Å²) in [6.45, 7) is 2.15. The third-order valence-corrected chi connectivity index (χ3v) is 6.19. The molecule has 6 rings (SSSR count). The zero-order valence-electron chi connectivity index (χ0n) is 19.3. The number of aromatic hydroxyl groups is 1. The minimum absolute atomic E-state index is 0.111. The van der Waals surface area contributed by atoms with Crippen LogP contribution in [-0.2, 0) is 6.54 Å². The van der Waals surface area contributed by atoms with Crippen molar-refractivity contribution in [2.45, 2.75) is 13.5 Å². The molecule has 0 aliphatic carbocycles. The van der Waals surface area contributed by atoms with E-state index in [4.69, 9.17) is 10.8 Å². The van der Waals surface area contributed by atoms with Crippen molar-refractivity contribution in [1.29, 1.82) is 0 Å². The number of rotatable bonds is 4. The summed E-state index contributed by atoms with van der Waals surface area (Å²) in [4.78, 5) is 26.8. The lowest BCUT2D eigenvalue weighted by molar-refractivity contribution is 0.475. The number of phenols is 1. The predicted molar refractivity (Wildman–Crippen MR) is 138 cm³/mol. The average Bonchev–Trinajstić information content (AvgIpc) is 3.25. The Balaban J connectivity index is 1.61. The van der Waals surface area contributed by atoms with Gasteiger partial charge in [-0.1, -0.05) is 36.4 Å². The Kier molecular flexibility index (Phi) is 4.96. The third-order valence-electron chi connectivity index (χ3n) is 6.19. The molecule has 36 heavy (non-hydrogen) atoms. The summed E-state index contributed by atoms with van der Waals surface area (Å²) in [7, 11) is 0. The van der Waals surface area contributed by atoms with Crippen LogP contribution < -0.4 is 11.3 Å². The van der Waals surface area contributed by atoms with Crippen LogP contribution in [0.15, 0.2) is 84.0 Å². The van der Waals surface area contributed by atoms with Gasteiger partial charge in [0.05, 0.1) is 17.6 Å². The van der Waals surface area contributed by atoms with Crippen LogP contribution in [0.4, 0.5) is 5.82 Å². The summed E-state index contributed by atoms with van der Waals surface area (Å²) < 4.78 is 3.33. The fraction of sp³-hybridized carbons (Fsp3) is 0.0741. The molecule has 0 saturated heterocycles. The van der Waals surface area contributed by atoms with E-state index in [1.807, 2.05) is 55.5 Å². The van der Waals surface area contributed by atoms with Crippen LogP contribution in [0.2, 0.25) is 0 Å². The molecule has 0 atom stereocenters. The zero-order valence-corrected chi connectivity index (χ0v) is 19.3. The van der Waals surface area contributed by atoms with Gasteiger partial charge in [0.25, 0.3) is 5.56 Å². The molecule has 0 unspecified atom stereocenters. The molecule has 9 heteroatoms. The number of nitrogen functional groups attached to an aromatic ring is 1. The molecule has 0 aliphatic heterocycles. The summed E-state index contributed by atoms with van der Waals surface area (Å²) in [5, 5.41) is 16.8. The van der Waals surface area contributed by atoms with Gasteiger partial charge in [0.1, 0.15) is 29.4 Å². The van der Waals surface area contributed by atoms with Crippen LogP contribution in [0.25, 0.3) is 38.9 Å². The van der Waals surface area contributed by atoms with Crippen LogP contribution in [-0.4, -0.2) is 34.4 Å². The van der Waals surface area contributed by atoms with E-state index in [1.54, 1.807) is 33.6 Å². The first-order valence-corrected chi connectivity index (χ1v) is 11.3. The molecule has 6 aromatic rings. The Hall–Kier alpha value is -5.05. The maximum absolute atomic E-state index is 13.7. The van der Waals surface area contributed by atoms with Crippen LogP contribution in [0.5, 0.6) is 5.75 Å². The average molecular weight is 476 g/mol. The number of hydrogen-bond acceptors (Lipinski definition) is 7. The Morgan fingerprint density at radius 2 is 1.83 bits per heavy atom. The van der Waals surface area contributed by atoms with Crippen molar-refractivity contribution in [3.8, 4) is 22.8 Å². The molecule has 3 N–H and O–H groups in total. The molecule has 4 heterocycles. The first kappa shape index (κ1) is 21.5. The van der Waals surface area contributed by atoms with Gasteiger partial charge in [0, 0.05) is 17.1 Å². The Morgan fingerprint density at radius 1 is 0.972 bits per heavy atom. The third kappa shape index (κ3) is 3.45. The van der Waals surface area contributed by atoms with Crippen molar-refractivity contribution >= 4 is 27.6 Å². The summed E-state index contributed by atoms with van der Waals surface area (Å²) in [6.07, 6.45) is 3.06. The van der Waals surface area contributed by atoms with Gasteiger partial charge in [-0.05, 0) is 48.2 Å². The molecule has 9 nitrogen and oxygen atoms in total. The van der Waals surface area contributed by atoms with Crippen molar-refractivity contribution in [2.24, 2.45) is 0 Å². The molecular weight excluding hydrogens is 454 g/mol. The van der Waals surface area contributed by atoms with Gasteiger partial charge in [-0.15, -0.1) is 0 Å². The van der Waals surface area contributed by atoms with Crippen LogP contribution in [0.3, 0.4) is 0 Å². The summed E-state index contributed by atoms with van der Waals surface area (Å²) in [5.74, 6) is 0.947. The number of aryl methyl sites for hydroxylation is 1. The fourth-order valence-electron chi connectivity index (χ4n) is 4.52. The topological polar surface area (TPSA) is 125 Å². The lowest BCUT2D eigenvalue weighted by Crippen LogP contribution is -2.25. The van der Waals surface area contributed by atoms with Crippen molar-refractivity contribution in [1.82, 2.24) is 29.3 Å². The monoisotopic (exact) mass is 475 g/mol. The number of benzene rings is 2. The van der Waals surface area contributed by atoms with Gasteiger partial charge in [-0.2, -0.15) is 5.10 Å². The van der Waals surface area contributed by atoms with Gasteiger partial charge < -0.3 is 10.8 Å². The fourth-order valence-corrected chi connectivity index (χ4v) is 4.52. The van der Waals surface area contributed by atoms with E-state index in [1.165, 1.54) is 6.33 Å². The van der Waals surface area contributed by atoms with E-state index >= 15 is 0 Å². The van der Waals surface area contributed by atoms with Gasteiger partial charge in [0.2, 0.25) is 0 Å². The molecule has 2 aromatic carbocycles. The normalized spacial score (nSPS) is 11.4. The Labute approximate surface area is 205 Å². The van der Waals surface area contributed by atoms with E-state index in [9.17, 15) is 9.90 Å². The standard InChI is InChI=1S/C27H21N7O2/c1-16-6-5-11-29-25(16)34-19(12-17-7-2-3-10-21(17)27(34)36)14-33-26-22(24(28)30-15-31-26)23(32-33)18-8-4-9-20(35)13-18/h2-13,15,35H,14H2,1H3,(H2,28,30,31). The van der Waals surface area contributed by atoms with Gasteiger partial charge in [-0.25, -0.2) is 19.6 Å². The molecule has 176 valence electrons. The van der Waals surface area contributed by atoms with E-state index in [2.05, 4.69) is 15.0 Å². The number of pyridine rings is 2. The molecular formula is C27H21N7O2. The van der Waals surface area contributed by atoms with Crippen LogP contribution in [0, 0.1) is 6.92 Å². The highest BCUT2D eigenvalue weighted by Crippen LogP contribution is 2.32. The largest absolute Gasteiger partial charge is 0.508 e. The van der Waals surface area contributed by atoms with Crippen molar-refractivity contribution < 1.29 is 5.11 Å². The molecule has 4 aromatic heterocycles. The molecule has 0 amide bonds. The number of anilines is 1. The summed E-state index contributed by atoms with van der Waals surface area (Å²) in [5.41, 5.74) is 9.38. The molecule has 0 bridgehead atoms. The number of nitrogens with two attached hydrogens (primary N) is 1. The molecule has 0 radical (unpaired) electrons. The maximum Gasteiger partial charge on any atom is 0.264 e. The maximum atomic E-state index is 13.7. The summed E-state index contributed by atoms with van der Waals surface area (Å²) >= 11 is 0. The number of hydrogen-bond donors (Lipinski definition) is 2. The van der Waals surface area contributed by atoms with Crippen LogP contribution in [0.1, 0.15) is 11.3 Å². The Morgan fingerprint density at radius 3 is 2.67 bits per heavy atom. The SMILES string of the molecule is Cc1cccnc1-n1c(Cn2nc(-c3cccc(O)c3)c3c(N)ncnc32)cc2ccccc2c1=O. The van der Waals surface area contributed by atoms with E-state index in [-0.39, 0.29) is 23.7 Å². The molecule has 0 spiro atoms. The Bertz CT molecular complexity index is 1840. The minimum Gasteiger partial charge on any atom is -0.508 e. The number of nitrogens with zero attached hydrogens (tertiary/aromatic N) is 6. The lowest BCUT2D eigenvalue weighted by atomic mass is 10.1. The minimum atomic E-state index is -0.163. The first-order valence-electron chi connectivity index (χ1n) is 11.3. The quantitative estimate of drug-likeness (QED) is 0.397. The summed E-state index contributed by atoms with van der Waals surface area (Å²) in [6, 6.07) is 20.0. The van der Waals surface area contributed by atoms with Gasteiger partial charge >= 0.3 is 0 Å². The number of phenolic OH excluding ortho intramolecular Hbond substituents is 1. The second-order valence-corrected chi connectivity index (χ2v) is 8.52. The second-order valence-electron chi connectivity index (χ2n) is 8.52. The predicted octanol–water partition coefficient (Wildman–Crippen LogP) is 3.84. The van der Waals surface area contributed by atoms with Gasteiger partial charge in [-0.3, -0.25) is 9.36 Å². The second kappa shape index (κ2) is 8.31. The van der Waals surface area contributed by atoms with E-state index in [0.29, 0.717) is 39.2 Å². The smallest absolute Gasteiger partial charge is 0.264 e. The zero-order chi connectivity index (χ0) is 24.8. The molecule has 0 saturated carbocycles. The van der Waals surface area contributed by atoms with Crippen molar-refractivity contribution in [3.05, 3.63) is 101 Å². The van der Waals surface area contributed by atoms with Crippen molar-refractivity contribution in [3.63, 3.8) is 0 Å². The van der Waals surface area contributed by atoms with Crippen LogP contribution >= 0.6 is 0 Å². The highest BCUT2D eigenvalue weighted by molar-refractivity contribution is 5.98. The van der Waals surface area contributed by atoms with Crippen molar-refractivity contribution in [2.75, 3.05) is 5.73 Å². The van der Waals surface area contributed by atoms with Gasteiger partial charge in [0.15, 0.2) is 5.65 Å². The molecule has 0 aliphatic rings. The number of aromatic nitrogens is 6. The highest BCUT2D eigenvalue weighted by Gasteiger charge is 2.20. The molecule has 0 fully saturated rings. The first-order chi connectivity index (χ1) is 17.5. The highest BCUT2D eigenvalue weighted by atomic mass is 16.3. The lowest BCUT2D eigenvalue weighted by Gasteiger charge is -2.16.